The van der Waals surface area contributed by atoms with Crippen molar-refractivity contribution in [1.29, 1.82) is 0 Å². The van der Waals surface area contributed by atoms with Gasteiger partial charge in [0.05, 0.1) is 25.2 Å². The summed E-state index contributed by atoms with van der Waals surface area (Å²) >= 11 is 1.84. The first-order chi connectivity index (χ1) is 32.0. The lowest BCUT2D eigenvalue weighted by Gasteiger charge is -2.26. The Hall–Kier alpha value is -5.64. The van der Waals surface area contributed by atoms with E-state index in [0.29, 0.717) is 43.0 Å². The van der Waals surface area contributed by atoms with Gasteiger partial charge in [-0.25, -0.2) is 10.3 Å². The number of amides is 10. The lowest BCUT2D eigenvalue weighted by molar-refractivity contribution is -0.137. The Morgan fingerprint density at radius 2 is 1.48 bits per heavy atom. The van der Waals surface area contributed by atoms with Crippen LogP contribution in [0.5, 0.6) is 5.75 Å². The van der Waals surface area contributed by atoms with Gasteiger partial charge in [0.1, 0.15) is 23.9 Å². The second-order valence-corrected chi connectivity index (χ2v) is 19.4. The van der Waals surface area contributed by atoms with Crippen LogP contribution in [0, 0.1) is 17.8 Å². The zero-order valence-corrected chi connectivity index (χ0v) is 39.3. The molecule has 4 rings (SSSR count). The van der Waals surface area contributed by atoms with Gasteiger partial charge in [-0.2, -0.15) is 11.8 Å². The summed E-state index contributed by atoms with van der Waals surface area (Å²) in [7, 11) is 0. The number of unbranched alkanes of at least 4 members (excludes halogenated alkanes) is 2. The molecule has 0 radical (unpaired) electrons. The van der Waals surface area contributed by atoms with Crippen LogP contribution >= 0.6 is 11.8 Å². The summed E-state index contributed by atoms with van der Waals surface area (Å²) in [5, 5.41) is 40.9. The molecule has 0 bridgehead atoms. The Bertz CT molecular complexity index is 1870. The number of phenolic OH excluding ortho intramolecular Hbond substituents is 1. The van der Waals surface area contributed by atoms with Crippen LogP contribution in [0.25, 0.3) is 0 Å². The lowest BCUT2D eigenvalue weighted by Crippen LogP contribution is -2.56. The smallest absolute Gasteiger partial charge is 0.315 e. The molecule has 3 fully saturated rings. The van der Waals surface area contributed by atoms with Gasteiger partial charge in [0.15, 0.2) is 0 Å². The molecular formula is C45H70N10O11S. The van der Waals surface area contributed by atoms with Gasteiger partial charge in [0, 0.05) is 42.7 Å². The number of urea groups is 1. The van der Waals surface area contributed by atoms with Crippen molar-refractivity contribution < 1.29 is 53.5 Å². The van der Waals surface area contributed by atoms with E-state index >= 15 is 0 Å². The molecule has 3 aliphatic rings. The Kier molecular flexibility index (Phi) is 22.4. The number of aromatic hydroxyl groups is 1. The molecule has 2 aliphatic heterocycles. The quantitative estimate of drug-likeness (QED) is 0.0223. The van der Waals surface area contributed by atoms with Gasteiger partial charge in [-0.1, -0.05) is 58.1 Å². The summed E-state index contributed by atoms with van der Waals surface area (Å²) in [5.41, 5.74) is 7.68. The number of phenols is 1. The molecule has 7 atom stereocenters. The molecule has 22 heteroatoms. The third kappa shape index (κ3) is 19.2. The molecule has 0 spiro atoms. The van der Waals surface area contributed by atoms with E-state index in [9.17, 15) is 53.5 Å². The molecule has 1 aromatic rings. The van der Waals surface area contributed by atoms with E-state index in [1.807, 2.05) is 25.6 Å². The van der Waals surface area contributed by atoms with Crippen LogP contribution in [-0.4, -0.2) is 124 Å². The number of nitrogens with two attached hydrogens (primary N) is 1. The minimum Gasteiger partial charge on any atom is -0.508 e. The number of hydrogen-bond donors (Lipinski definition) is 12. The van der Waals surface area contributed by atoms with Crippen molar-refractivity contribution >= 4 is 65.1 Å². The number of rotatable bonds is 29. The zero-order valence-electron chi connectivity index (χ0n) is 38.5. The molecule has 2 heterocycles. The lowest BCUT2D eigenvalue weighted by atomic mass is 9.89. The number of nitrogens with one attached hydrogen (secondary N) is 9. The van der Waals surface area contributed by atoms with Crippen molar-refractivity contribution in [2.24, 2.45) is 23.5 Å². The molecule has 13 N–H and O–H groups in total. The first kappa shape index (κ1) is 54.0. The molecular weight excluding hydrogens is 889 g/mol. The number of carbonyl (C=O) groups excluding carboxylic acids is 9. The normalized spacial score (nSPS) is 19.4. The Morgan fingerprint density at radius 3 is 2.16 bits per heavy atom. The molecule has 1 saturated carbocycles. The van der Waals surface area contributed by atoms with E-state index in [1.54, 1.807) is 17.6 Å². The highest BCUT2D eigenvalue weighted by Gasteiger charge is 2.42. The molecule has 372 valence electrons. The van der Waals surface area contributed by atoms with Crippen molar-refractivity contribution in [1.82, 2.24) is 48.0 Å². The summed E-state index contributed by atoms with van der Waals surface area (Å²) in [6.45, 7) is 2.97. The van der Waals surface area contributed by atoms with Gasteiger partial charge in [-0.15, -0.1) is 0 Å². The second kappa shape index (κ2) is 27.9. The molecule has 1 aliphatic carbocycles. The third-order valence-electron chi connectivity index (χ3n) is 12.2. The van der Waals surface area contributed by atoms with Gasteiger partial charge in [0.2, 0.25) is 47.3 Å². The highest BCUT2D eigenvalue weighted by Crippen LogP contribution is 2.33. The third-order valence-corrected chi connectivity index (χ3v) is 13.7. The maximum absolute atomic E-state index is 13.9. The fourth-order valence-electron chi connectivity index (χ4n) is 8.67. The van der Waals surface area contributed by atoms with E-state index in [2.05, 4.69) is 42.5 Å². The molecule has 1 unspecified atom stereocenters. The number of hydroxylamine groups is 1. The SMILES string of the molecule is CC(C)C[C@H](NC(=O)[C@H](Cc1ccc(O)cc1)NC(=O)C(CC(=O)NO)CC1CCCC1)C(=O)NCC(=O)NCC(=O)N[C@@H](CCCCNC(=O)CCCC[C@@H]1SC[C@@H]2NC(=O)N[C@@H]21)C(N)=O. The van der Waals surface area contributed by atoms with Crippen molar-refractivity contribution in [3.8, 4) is 5.75 Å². The Morgan fingerprint density at radius 1 is 0.776 bits per heavy atom. The van der Waals surface area contributed by atoms with Crippen LogP contribution in [0.15, 0.2) is 24.3 Å². The molecule has 0 aromatic heterocycles. The van der Waals surface area contributed by atoms with Gasteiger partial charge < -0.3 is 53.4 Å². The first-order valence-electron chi connectivity index (χ1n) is 23.4. The fraction of sp³-hybridized carbons (Fsp3) is 0.667. The van der Waals surface area contributed by atoms with Crippen molar-refractivity contribution in [3.05, 3.63) is 29.8 Å². The number of benzene rings is 1. The summed E-state index contributed by atoms with van der Waals surface area (Å²) in [6, 6.07) is 2.83. The minimum atomic E-state index is -1.21. The summed E-state index contributed by atoms with van der Waals surface area (Å²) in [4.78, 5) is 115. The monoisotopic (exact) mass is 958 g/mol. The minimum absolute atomic E-state index is 0.00379. The van der Waals surface area contributed by atoms with E-state index in [-0.39, 0.29) is 67.3 Å². The van der Waals surface area contributed by atoms with Crippen LogP contribution in [0.4, 0.5) is 4.79 Å². The van der Waals surface area contributed by atoms with Gasteiger partial charge in [0.25, 0.3) is 0 Å². The van der Waals surface area contributed by atoms with Gasteiger partial charge in [-0.3, -0.25) is 43.6 Å². The largest absolute Gasteiger partial charge is 0.508 e. The predicted octanol–water partition coefficient (Wildman–Crippen LogP) is 0.257. The van der Waals surface area contributed by atoms with Crippen LogP contribution in [0.2, 0.25) is 0 Å². The summed E-state index contributed by atoms with van der Waals surface area (Å²) in [6.07, 6.45) is 8.11. The molecule has 1 aromatic carbocycles. The van der Waals surface area contributed by atoms with Crippen LogP contribution in [0.3, 0.4) is 0 Å². The van der Waals surface area contributed by atoms with E-state index in [1.165, 1.54) is 12.1 Å². The molecule has 67 heavy (non-hydrogen) atoms. The number of primary amides is 1. The van der Waals surface area contributed by atoms with Crippen LogP contribution < -0.4 is 53.7 Å². The summed E-state index contributed by atoms with van der Waals surface area (Å²) < 4.78 is 0. The van der Waals surface area contributed by atoms with Crippen molar-refractivity contribution in [2.75, 3.05) is 25.4 Å². The van der Waals surface area contributed by atoms with Crippen LogP contribution in [-0.2, 0) is 44.8 Å². The number of fused-ring (bicyclic) bond motifs is 1. The molecule has 21 nitrogen and oxygen atoms in total. The van der Waals surface area contributed by atoms with E-state index in [4.69, 9.17) is 5.73 Å². The average molecular weight is 959 g/mol. The maximum atomic E-state index is 13.9. The number of thioether (sulfide) groups is 1. The number of hydrogen-bond acceptors (Lipinski definition) is 12. The fourth-order valence-corrected chi connectivity index (χ4v) is 10.2. The van der Waals surface area contributed by atoms with Crippen molar-refractivity contribution in [2.45, 2.75) is 146 Å². The molecule has 10 amide bonds. The van der Waals surface area contributed by atoms with Crippen LogP contribution in [0.1, 0.15) is 109 Å². The first-order valence-corrected chi connectivity index (χ1v) is 24.5. The Balaban J connectivity index is 1.19. The molecule has 2 saturated heterocycles. The predicted molar refractivity (Wildman–Crippen MR) is 248 cm³/mol. The van der Waals surface area contributed by atoms with E-state index in [0.717, 1.165) is 50.7 Å². The zero-order chi connectivity index (χ0) is 48.9. The van der Waals surface area contributed by atoms with Crippen molar-refractivity contribution in [3.63, 3.8) is 0 Å². The van der Waals surface area contributed by atoms with Gasteiger partial charge >= 0.3 is 6.03 Å². The maximum Gasteiger partial charge on any atom is 0.315 e. The average Bonchev–Trinajstić information content (AvgIpc) is 4.04. The Labute approximate surface area is 395 Å². The van der Waals surface area contributed by atoms with E-state index < -0.39 is 78.5 Å². The standard InChI is InChI=1S/C45H70N10O11S/c1-26(2)19-32(52-44(64)33(21-28-14-16-30(56)17-15-28)51-42(62)29(22-37(58)55-66)20-27-9-3-4-10-27)43(63)49-23-38(59)48-24-39(60)50-31(41(46)61)11-7-8-18-47-36(57)13-6-5-12-35-40-34(25-67-35)53-45(65)54-40/h14-17,26-27,29,31-35,40,56,66H,3-13,18-25H2,1-2H3,(H2,46,61)(H,47,57)(H,48,59)(H,49,63)(H,50,60)(H,51,62)(H,52,64)(H,55,58)(H2,53,54,65)/t29?,31-,32-,33-,34-,35-,40-/m0/s1. The topological polar surface area (TPSA) is 328 Å². The highest BCUT2D eigenvalue weighted by molar-refractivity contribution is 8.00. The summed E-state index contributed by atoms with van der Waals surface area (Å²) in [5.74, 6) is -4.84. The van der Waals surface area contributed by atoms with Gasteiger partial charge in [-0.05, 0) is 74.5 Å². The second-order valence-electron chi connectivity index (χ2n) is 18.2. The number of carbonyl (C=O) groups is 9. The highest BCUT2D eigenvalue weighted by atomic mass is 32.2.